The molecule has 2 heterocycles. The van der Waals surface area contributed by atoms with E-state index in [4.69, 9.17) is 16.3 Å². The van der Waals surface area contributed by atoms with Crippen molar-refractivity contribution < 1.29 is 23.4 Å². The summed E-state index contributed by atoms with van der Waals surface area (Å²) in [5, 5.41) is 17.5. The van der Waals surface area contributed by atoms with Crippen LogP contribution in [0.3, 0.4) is 0 Å². The summed E-state index contributed by atoms with van der Waals surface area (Å²) >= 11 is 6.45. The lowest BCUT2D eigenvalue weighted by molar-refractivity contribution is -0.0413. The van der Waals surface area contributed by atoms with Crippen LogP contribution in [0.4, 0.5) is 8.78 Å². The SMILES string of the molecule is CCc1cccc(CNC[C@H](O)[C@H](Cc2cc(F)cc(F)c2)NC(=O)c2cc(Cl)c3c(n2)CC(C)(C)OC3)c1. The van der Waals surface area contributed by atoms with Crippen molar-refractivity contribution in [2.45, 2.75) is 70.9 Å². The molecule has 208 valence electrons. The van der Waals surface area contributed by atoms with Crippen molar-refractivity contribution in [3.63, 3.8) is 0 Å². The molecule has 0 bridgehead atoms. The number of carbonyl (C=O) groups excluding carboxylic acids is 1. The average Bonchev–Trinajstić information content (AvgIpc) is 2.86. The Kier molecular flexibility index (Phi) is 9.33. The van der Waals surface area contributed by atoms with E-state index in [0.29, 0.717) is 35.9 Å². The van der Waals surface area contributed by atoms with Crippen LogP contribution in [-0.2, 0) is 37.2 Å². The molecule has 3 aromatic rings. The van der Waals surface area contributed by atoms with Gasteiger partial charge in [-0.05, 0) is 61.6 Å². The molecule has 39 heavy (non-hydrogen) atoms. The summed E-state index contributed by atoms with van der Waals surface area (Å²) in [5.74, 6) is -2.00. The predicted molar refractivity (Wildman–Crippen MR) is 147 cm³/mol. The zero-order chi connectivity index (χ0) is 28.2. The molecule has 1 aromatic heterocycles. The molecule has 0 saturated heterocycles. The first kappa shape index (κ1) is 29.1. The Bertz CT molecular complexity index is 1310. The smallest absolute Gasteiger partial charge is 0.270 e. The van der Waals surface area contributed by atoms with E-state index in [1.165, 1.54) is 23.8 Å². The second kappa shape index (κ2) is 12.5. The molecule has 1 aliphatic rings. The number of hydrogen-bond acceptors (Lipinski definition) is 5. The Hall–Kier alpha value is -2.91. The van der Waals surface area contributed by atoms with Gasteiger partial charge in [-0.2, -0.15) is 0 Å². The largest absolute Gasteiger partial charge is 0.390 e. The number of hydrogen-bond donors (Lipinski definition) is 3. The van der Waals surface area contributed by atoms with Gasteiger partial charge in [-0.1, -0.05) is 42.8 Å². The van der Waals surface area contributed by atoms with Crippen LogP contribution in [0.25, 0.3) is 0 Å². The highest BCUT2D eigenvalue weighted by molar-refractivity contribution is 6.31. The van der Waals surface area contributed by atoms with Gasteiger partial charge in [0.15, 0.2) is 0 Å². The molecule has 3 N–H and O–H groups in total. The van der Waals surface area contributed by atoms with Crippen molar-refractivity contribution in [1.29, 1.82) is 0 Å². The zero-order valence-electron chi connectivity index (χ0n) is 22.4. The molecule has 1 amide bonds. The van der Waals surface area contributed by atoms with Crippen LogP contribution < -0.4 is 10.6 Å². The maximum Gasteiger partial charge on any atom is 0.270 e. The normalized spacial score (nSPS) is 15.9. The Morgan fingerprint density at radius 2 is 1.85 bits per heavy atom. The Morgan fingerprint density at radius 1 is 1.13 bits per heavy atom. The number of aliphatic hydroxyl groups is 1. The van der Waals surface area contributed by atoms with Crippen molar-refractivity contribution in [3.8, 4) is 0 Å². The summed E-state index contributed by atoms with van der Waals surface area (Å²) in [5.41, 5.74) is 3.67. The molecule has 0 aliphatic carbocycles. The van der Waals surface area contributed by atoms with E-state index >= 15 is 0 Å². The van der Waals surface area contributed by atoms with E-state index in [2.05, 4.69) is 34.7 Å². The van der Waals surface area contributed by atoms with Crippen molar-refractivity contribution in [1.82, 2.24) is 15.6 Å². The van der Waals surface area contributed by atoms with Crippen LogP contribution >= 0.6 is 11.6 Å². The number of amides is 1. The highest BCUT2D eigenvalue weighted by Crippen LogP contribution is 2.31. The minimum absolute atomic E-state index is 0.00807. The summed E-state index contributed by atoms with van der Waals surface area (Å²) in [6.45, 7) is 6.92. The molecule has 2 atom stereocenters. The number of pyridine rings is 1. The fraction of sp³-hybridized carbons (Fsp3) is 0.400. The van der Waals surface area contributed by atoms with Crippen molar-refractivity contribution in [2.75, 3.05) is 6.54 Å². The Balaban J connectivity index is 1.51. The minimum Gasteiger partial charge on any atom is -0.390 e. The van der Waals surface area contributed by atoms with Crippen LogP contribution in [0.15, 0.2) is 48.5 Å². The lowest BCUT2D eigenvalue weighted by atomic mass is 9.95. The molecule has 0 radical (unpaired) electrons. The first-order valence-corrected chi connectivity index (χ1v) is 13.5. The summed E-state index contributed by atoms with van der Waals surface area (Å²) in [6.07, 6.45) is 0.352. The van der Waals surface area contributed by atoms with Gasteiger partial charge in [0.1, 0.15) is 17.3 Å². The topological polar surface area (TPSA) is 83.5 Å². The van der Waals surface area contributed by atoms with Gasteiger partial charge in [0.25, 0.3) is 5.91 Å². The molecule has 0 spiro atoms. The quantitative estimate of drug-likeness (QED) is 0.330. The molecular formula is C30H34ClF2N3O3. The summed E-state index contributed by atoms with van der Waals surface area (Å²) in [6, 6.07) is 11.9. The van der Waals surface area contributed by atoms with Crippen molar-refractivity contribution in [3.05, 3.63) is 98.8 Å². The number of aryl methyl sites for hydroxylation is 1. The summed E-state index contributed by atoms with van der Waals surface area (Å²) in [4.78, 5) is 17.8. The number of rotatable bonds is 10. The molecule has 0 unspecified atom stereocenters. The second-order valence-corrected chi connectivity index (χ2v) is 11.0. The number of nitrogens with one attached hydrogen (secondary N) is 2. The minimum atomic E-state index is -1.06. The number of benzene rings is 2. The van der Waals surface area contributed by atoms with Crippen LogP contribution in [0, 0.1) is 11.6 Å². The third-order valence-corrected chi connectivity index (χ3v) is 7.17. The van der Waals surface area contributed by atoms with E-state index in [-0.39, 0.29) is 18.7 Å². The average molecular weight is 558 g/mol. The van der Waals surface area contributed by atoms with Crippen LogP contribution in [-0.4, -0.2) is 40.3 Å². The van der Waals surface area contributed by atoms with Gasteiger partial charge in [0.2, 0.25) is 0 Å². The Labute approximate surface area is 232 Å². The van der Waals surface area contributed by atoms with E-state index in [9.17, 15) is 18.7 Å². The van der Waals surface area contributed by atoms with Gasteiger partial charge in [-0.3, -0.25) is 4.79 Å². The van der Waals surface area contributed by atoms with Crippen LogP contribution in [0.2, 0.25) is 5.02 Å². The molecular weight excluding hydrogens is 524 g/mol. The number of ether oxygens (including phenoxy) is 1. The highest BCUT2D eigenvalue weighted by Gasteiger charge is 2.30. The fourth-order valence-electron chi connectivity index (χ4n) is 4.70. The lowest BCUT2D eigenvalue weighted by Gasteiger charge is -2.31. The maximum atomic E-state index is 13.9. The van der Waals surface area contributed by atoms with Gasteiger partial charge in [-0.25, -0.2) is 13.8 Å². The highest BCUT2D eigenvalue weighted by atomic mass is 35.5. The fourth-order valence-corrected chi connectivity index (χ4v) is 4.97. The van der Waals surface area contributed by atoms with Crippen LogP contribution in [0.5, 0.6) is 0 Å². The third kappa shape index (κ3) is 7.82. The number of fused-ring (bicyclic) bond motifs is 1. The summed E-state index contributed by atoms with van der Waals surface area (Å²) < 4.78 is 33.6. The Morgan fingerprint density at radius 3 is 2.56 bits per heavy atom. The number of carbonyl (C=O) groups is 1. The van der Waals surface area contributed by atoms with Gasteiger partial charge < -0.3 is 20.5 Å². The molecule has 1 aliphatic heterocycles. The number of aromatic nitrogens is 1. The standard InChI is InChI=1S/C30H34ClF2N3O3/c1-4-18-6-5-7-19(8-18)15-34-16-28(37)25(11-20-9-21(32)12-22(33)10-20)36-29(38)26-13-24(31)23-17-39-30(2,3)14-27(23)35-26/h5-10,12-13,25,28,34,37H,4,11,14-17H2,1-3H3,(H,36,38)/t25-,28-/m0/s1. The molecule has 0 saturated carbocycles. The van der Waals surface area contributed by atoms with Gasteiger partial charge in [0.05, 0.1) is 35.1 Å². The molecule has 0 fully saturated rings. The van der Waals surface area contributed by atoms with Crippen LogP contribution in [0.1, 0.15) is 59.2 Å². The monoisotopic (exact) mass is 557 g/mol. The predicted octanol–water partition coefficient (Wildman–Crippen LogP) is 4.92. The van der Waals surface area contributed by atoms with Gasteiger partial charge in [-0.15, -0.1) is 0 Å². The third-order valence-electron chi connectivity index (χ3n) is 6.83. The van der Waals surface area contributed by atoms with Gasteiger partial charge >= 0.3 is 0 Å². The molecule has 2 aromatic carbocycles. The lowest BCUT2D eigenvalue weighted by Crippen LogP contribution is -2.49. The zero-order valence-corrected chi connectivity index (χ0v) is 23.1. The van der Waals surface area contributed by atoms with E-state index in [0.717, 1.165) is 23.6 Å². The first-order chi connectivity index (χ1) is 18.5. The summed E-state index contributed by atoms with van der Waals surface area (Å²) in [7, 11) is 0. The maximum absolute atomic E-state index is 13.9. The molecule has 6 nitrogen and oxygen atoms in total. The van der Waals surface area contributed by atoms with E-state index in [1.54, 1.807) is 0 Å². The van der Waals surface area contributed by atoms with E-state index < -0.39 is 35.3 Å². The molecule has 9 heteroatoms. The number of halogens is 3. The number of aliphatic hydroxyl groups excluding tert-OH is 1. The first-order valence-electron chi connectivity index (χ1n) is 13.1. The van der Waals surface area contributed by atoms with Gasteiger partial charge in [0, 0.05) is 31.1 Å². The van der Waals surface area contributed by atoms with Crippen molar-refractivity contribution >= 4 is 17.5 Å². The number of nitrogens with zero attached hydrogens (tertiary/aromatic N) is 1. The second-order valence-electron chi connectivity index (χ2n) is 10.6. The van der Waals surface area contributed by atoms with Crippen molar-refractivity contribution in [2.24, 2.45) is 0 Å². The molecule has 4 rings (SSSR count). The van der Waals surface area contributed by atoms with E-state index in [1.807, 2.05) is 26.0 Å².